The predicted molar refractivity (Wildman–Crippen MR) is 63.0 cm³/mol. The van der Waals surface area contributed by atoms with Gasteiger partial charge < -0.3 is 11.1 Å². The van der Waals surface area contributed by atoms with Crippen LogP contribution in [0.1, 0.15) is 10.4 Å². The normalized spacial score (nSPS) is 10.1. The smallest absolute Gasteiger partial charge is 0.255 e. The van der Waals surface area contributed by atoms with Gasteiger partial charge in [0.15, 0.2) is 0 Å². The number of nitrogen functional groups attached to an aromatic ring is 1. The maximum absolute atomic E-state index is 13.1. The van der Waals surface area contributed by atoms with Crippen molar-refractivity contribution in [1.29, 1.82) is 0 Å². The van der Waals surface area contributed by atoms with Crippen LogP contribution in [-0.2, 0) is 0 Å². The highest BCUT2D eigenvalue weighted by atomic mass is 19.1. The molecule has 0 radical (unpaired) electrons. The fourth-order valence-corrected chi connectivity index (χ4v) is 1.40. The van der Waals surface area contributed by atoms with Gasteiger partial charge in [-0.25, -0.2) is 9.37 Å². The van der Waals surface area contributed by atoms with Crippen LogP contribution < -0.4 is 11.1 Å². The first-order valence-electron chi connectivity index (χ1n) is 5.03. The van der Waals surface area contributed by atoms with E-state index in [2.05, 4.69) is 10.3 Å². The molecule has 0 spiro atoms. The molecule has 0 aliphatic carbocycles. The molecule has 0 atom stereocenters. The molecule has 2 rings (SSSR count). The fourth-order valence-electron chi connectivity index (χ4n) is 1.40. The van der Waals surface area contributed by atoms with Crippen molar-refractivity contribution in [3.05, 3.63) is 53.9 Å². The lowest BCUT2D eigenvalue weighted by Crippen LogP contribution is -2.12. The molecule has 18 heavy (non-hydrogen) atoms. The van der Waals surface area contributed by atoms with E-state index in [9.17, 15) is 13.6 Å². The van der Waals surface area contributed by atoms with Crippen LogP contribution in [0.3, 0.4) is 0 Å². The number of carbonyl (C=O) groups is 1. The van der Waals surface area contributed by atoms with Gasteiger partial charge >= 0.3 is 0 Å². The summed E-state index contributed by atoms with van der Waals surface area (Å²) in [5.74, 6) is -1.80. The molecule has 0 saturated carbocycles. The van der Waals surface area contributed by atoms with Gasteiger partial charge in [0.05, 0.1) is 11.9 Å². The molecule has 3 N–H and O–H groups in total. The van der Waals surface area contributed by atoms with Crippen molar-refractivity contribution in [3.8, 4) is 0 Å². The van der Waals surface area contributed by atoms with E-state index in [1.807, 2.05) is 0 Å². The molecule has 0 unspecified atom stereocenters. The standard InChI is InChI=1S/C12H9F2N3O/c13-8-3-7(4-9(15)5-8)12(18)17-10-1-2-11(14)16-6-10/h1-6H,15H2,(H,17,18). The number of rotatable bonds is 2. The molecule has 1 amide bonds. The molecular formula is C12H9F2N3O. The molecule has 4 nitrogen and oxygen atoms in total. The minimum atomic E-state index is -0.650. The van der Waals surface area contributed by atoms with Crippen molar-refractivity contribution >= 4 is 17.3 Å². The highest BCUT2D eigenvalue weighted by Crippen LogP contribution is 2.13. The van der Waals surface area contributed by atoms with Crippen molar-refractivity contribution in [2.24, 2.45) is 0 Å². The number of hydrogen-bond acceptors (Lipinski definition) is 3. The molecule has 1 heterocycles. The average Bonchev–Trinajstić information content (AvgIpc) is 2.31. The number of pyridine rings is 1. The molecule has 2 aromatic rings. The van der Waals surface area contributed by atoms with Crippen molar-refractivity contribution < 1.29 is 13.6 Å². The summed E-state index contributed by atoms with van der Waals surface area (Å²) in [5, 5.41) is 2.45. The number of hydrogen-bond donors (Lipinski definition) is 2. The Labute approximate surface area is 101 Å². The van der Waals surface area contributed by atoms with Crippen molar-refractivity contribution in [3.63, 3.8) is 0 Å². The maximum Gasteiger partial charge on any atom is 0.255 e. The van der Waals surface area contributed by atoms with Crippen LogP contribution >= 0.6 is 0 Å². The number of nitrogens with two attached hydrogens (primary N) is 1. The average molecular weight is 249 g/mol. The van der Waals surface area contributed by atoms with E-state index in [1.165, 1.54) is 12.1 Å². The Morgan fingerprint density at radius 1 is 1.22 bits per heavy atom. The monoisotopic (exact) mass is 249 g/mol. The minimum absolute atomic E-state index is 0.0804. The highest BCUT2D eigenvalue weighted by molar-refractivity contribution is 6.04. The number of carbonyl (C=O) groups excluding carboxylic acids is 1. The first-order chi connectivity index (χ1) is 8.54. The number of anilines is 2. The lowest BCUT2D eigenvalue weighted by Gasteiger charge is -2.05. The first kappa shape index (κ1) is 12.0. The van der Waals surface area contributed by atoms with E-state index in [4.69, 9.17) is 5.73 Å². The van der Waals surface area contributed by atoms with Crippen LogP contribution in [-0.4, -0.2) is 10.9 Å². The van der Waals surface area contributed by atoms with Crippen LogP contribution in [0.4, 0.5) is 20.2 Å². The molecule has 0 saturated heterocycles. The second-order valence-corrected chi connectivity index (χ2v) is 3.60. The molecule has 6 heteroatoms. The third-order valence-corrected chi connectivity index (χ3v) is 2.17. The number of benzene rings is 1. The molecule has 1 aromatic carbocycles. The van der Waals surface area contributed by atoms with E-state index in [0.717, 1.165) is 24.4 Å². The third kappa shape index (κ3) is 2.79. The highest BCUT2D eigenvalue weighted by Gasteiger charge is 2.08. The molecule has 92 valence electrons. The number of amides is 1. The van der Waals surface area contributed by atoms with Gasteiger partial charge in [0.25, 0.3) is 5.91 Å². The second-order valence-electron chi connectivity index (χ2n) is 3.60. The van der Waals surface area contributed by atoms with Gasteiger partial charge in [-0.1, -0.05) is 0 Å². The third-order valence-electron chi connectivity index (χ3n) is 2.17. The van der Waals surface area contributed by atoms with E-state index < -0.39 is 17.7 Å². The Kier molecular flexibility index (Phi) is 3.18. The molecule has 0 bridgehead atoms. The summed E-state index contributed by atoms with van der Waals surface area (Å²) >= 11 is 0. The Hall–Kier alpha value is -2.50. The van der Waals surface area contributed by atoms with Crippen LogP contribution in [0.25, 0.3) is 0 Å². The number of nitrogens with one attached hydrogen (secondary N) is 1. The molecular weight excluding hydrogens is 240 g/mol. The van der Waals surface area contributed by atoms with Gasteiger partial charge in [0.2, 0.25) is 5.95 Å². The van der Waals surface area contributed by atoms with Crippen LogP contribution in [0.2, 0.25) is 0 Å². The quantitative estimate of drug-likeness (QED) is 0.633. The summed E-state index contributed by atoms with van der Waals surface area (Å²) in [6.07, 6.45) is 1.16. The summed E-state index contributed by atoms with van der Waals surface area (Å²) in [6.45, 7) is 0. The zero-order valence-corrected chi connectivity index (χ0v) is 9.15. The van der Waals surface area contributed by atoms with Crippen molar-refractivity contribution in [1.82, 2.24) is 4.98 Å². The van der Waals surface area contributed by atoms with Gasteiger partial charge in [-0.2, -0.15) is 4.39 Å². The van der Waals surface area contributed by atoms with Crippen molar-refractivity contribution in [2.75, 3.05) is 11.1 Å². The SMILES string of the molecule is Nc1cc(F)cc(C(=O)Nc2ccc(F)nc2)c1. The summed E-state index contributed by atoms with van der Waals surface area (Å²) in [7, 11) is 0. The van der Waals surface area contributed by atoms with Gasteiger partial charge in [0.1, 0.15) is 5.82 Å². The summed E-state index contributed by atoms with van der Waals surface area (Å²) < 4.78 is 25.6. The van der Waals surface area contributed by atoms with E-state index in [0.29, 0.717) is 5.69 Å². The Morgan fingerprint density at radius 3 is 2.61 bits per heavy atom. The van der Waals surface area contributed by atoms with Gasteiger partial charge in [-0.3, -0.25) is 4.79 Å². The molecule has 0 aliphatic heterocycles. The second kappa shape index (κ2) is 4.79. The summed E-state index contributed by atoms with van der Waals surface area (Å²) in [6, 6.07) is 5.96. The van der Waals surface area contributed by atoms with Gasteiger partial charge in [0, 0.05) is 11.3 Å². The van der Waals surface area contributed by atoms with E-state index >= 15 is 0 Å². The Morgan fingerprint density at radius 2 is 2.00 bits per heavy atom. The van der Waals surface area contributed by atoms with Gasteiger partial charge in [-0.05, 0) is 30.3 Å². The van der Waals surface area contributed by atoms with Crippen LogP contribution in [0.5, 0.6) is 0 Å². The molecule has 0 aliphatic rings. The topological polar surface area (TPSA) is 68.0 Å². The lowest BCUT2D eigenvalue weighted by molar-refractivity contribution is 0.102. The lowest BCUT2D eigenvalue weighted by atomic mass is 10.2. The molecule has 0 fully saturated rings. The first-order valence-corrected chi connectivity index (χ1v) is 5.03. The van der Waals surface area contributed by atoms with Crippen LogP contribution in [0.15, 0.2) is 36.5 Å². The maximum atomic E-state index is 13.1. The van der Waals surface area contributed by atoms with E-state index in [-0.39, 0.29) is 11.3 Å². The Bertz CT molecular complexity index is 564. The van der Waals surface area contributed by atoms with Crippen LogP contribution in [0, 0.1) is 11.8 Å². The predicted octanol–water partition coefficient (Wildman–Crippen LogP) is 2.19. The minimum Gasteiger partial charge on any atom is -0.399 e. The largest absolute Gasteiger partial charge is 0.399 e. The number of halogens is 2. The zero-order chi connectivity index (χ0) is 13.1. The fraction of sp³-hybridized carbons (Fsp3) is 0. The number of aromatic nitrogens is 1. The summed E-state index contributed by atoms with van der Waals surface area (Å²) in [4.78, 5) is 15.1. The summed E-state index contributed by atoms with van der Waals surface area (Å²) in [5.41, 5.74) is 5.97. The Balaban J connectivity index is 2.19. The number of nitrogens with zero attached hydrogens (tertiary/aromatic N) is 1. The van der Waals surface area contributed by atoms with E-state index in [1.54, 1.807) is 0 Å². The zero-order valence-electron chi connectivity index (χ0n) is 9.15. The molecule has 1 aromatic heterocycles. The van der Waals surface area contributed by atoms with Crippen molar-refractivity contribution in [2.45, 2.75) is 0 Å². The van der Waals surface area contributed by atoms with Gasteiger partial charge in [-0.15, -0.1) is 0 Å².